The Morgan fingerprint density at radius 1 is 1.20 bits per heavy atom. The van der Waals surface area contributed by atoms with E-state index >= 15 is 0 Å². The number of likely N-dealkylation sites (tertiary alicyclic amines) is 1. The molecule has 0 radical (unpaired) electrons. The molecular weight excluding hydrogens is 405 g/mol. The van der Waals surface area contributed by atoms with Crippen molar-refractivity contribution in [2.75, 3.05) is 18.4 Å². The molecule has 1 fully saturated rings. The Hall–Kier alpha value is -3.20. The third-order valence-corrected chi connectivity index (χ3v) is 5.94. The first-order valence-electron chi connectivity index (χ1n) is 9.62. The topological polar surface area (TPSA) is 88.1 Å². The molecule has 1 aliphatic heterocycles. The molecule has 1 aliphatic rings. The van der Waals surface area contributed by atoms with Gasteiger partial charge in [0.25, 0.3) is 11.8 Å². The van der Waals surface area contributed by atoms with E-state index in [1.165, 1.54) is 30.5 Å². The molecule has 1 aromatic carbocycles. The van der Waals surface area contributed by atoms with Crippen LogP contribution in [0.3, 0.4) is 0 Å². The van der Waals surface area contributed by atoms with Gasteiger partial charge < -0.3 is 10.2 Å². The number of benzene rings is 1. The maximum absolute atomic E-state index is 13.0. The fraction of sp³-hybridized carbons (Fsp3) is 0.286. The van der Waals surface area contributed by atoms with Crippen LogP contribution in [-0.2, 0) is 0 Å². The highest BCUT2D eigenvalue weighted by atomic mass is 32.1. The van der Waals surface area contributed by atoms with Gasteiger partial charge in [-0.2, -0.15) is 0 Å². The zero-order valence-corrected chi connectivity index (χ0v) is 17.2. The van der Waals surface area contributed by atoms with Crippen LogP contribution in [0.15, 0.2) is 42.6 Å². The number of nitrogens with zero attached hydrogens (tertiary/aromatic N) is 4. The molecule has 0 saturated carbocycles. The van der Waals surface area contributed by atoms with Gasteiger partial charge in [0.2, 0.25) is 0 Å². The summed E-state index contributed by atoms with van der Waals surface area (Å²) in [6.07, 6.45) is 3.35. The van der Waals surface area contributed by atoms with Gasteiger partial charge in [-0.15, -0.1) is 5.10 Å². The van der Waals surface area contributed by atoms with E-state index in [9.17, 15) is 14.0 Å². The van der Waals surface area contributed by atoms with Crippen LogP contribution in [0.25, 0.3) is 0 Å². The second-order valence-electron chi connectivity index (χ2n) is 7.21. The summed E-state index contributed by atoms with van der Waals surface area (Å²) in [5.74, 6) is -0.601. The number of aromatic nitrogens is 3. The summed E-state index contributed by atoms with van der Waals surface area (Å²) in [5.41, 5.74) is 2.43. The van der Waals surface area contributed by atoms with Gasteiger partial charge in [0.1, 0.15) is 10.7 Å². The van der Waals surface area contributed by atoms with Gasteiger partial charge in [0.15, 0.2) is 0 Å². The number of aryl methyl sites for hydroxylation is 1. The number of hydrogen-bond donors (Lipinski definition) is 1. The van der Waals surface area contributed by atoms with Crippen molar-refractivity contribution in [1.82, 2.24) is 19.5 Å². The van der Waals surface area contributed by atoms with Crippen LogP contribution in [0.5, 0.6) is 0 Å². The highest BCUT2D eigenvalue weighted by Gasteiger charge is 2.28. The molecule has 9 heteroatoms. The fourth-order valence-corrected chi connectivity index (χ4v) is 4.12. The molecule has 1 saturated heterocycles. The van der Waals surface area contributed by atoms with Crippen LogP contribution in [0, 0.1) is 12.7 Å². The van der Waals surface area contributed by atoms with Crippen molar-refractivity contribution >= 4 is 29.0 Å². The normalized spacial score (nSPS) is 16.3. The number of halogens is 1. The molecule has 0 spiro atoms. The van der Waals surface area contributed by atoms with E-state index in [0.29, 0.717) is 34.9 Å². The van der Waals surface area contributed by atoms with Crippen LogP contribution in [0.4, 0.5) is 10.1 Å². The van der Waals surface area contributed by atoms with E-state index in [1.807, 2.05) is 11.0 Å². The summed E-state index contributed by atoms with van der Waals surface area (Å²) in [4.78, 5) is 32.0. The van der Waals surface area contributed by atoms with Crippen molar-refractivity contribution in [3.05, 3.63) is 70.2 Å². The molecule has 0 aliphatic carbocycles. The number of carbonyl (C=O) groups is 2. The number of pyridine rings is 1. The molecule has 3 aromatic rings. The summed E-state index contributed by atoms with van der Waals surface area (Å²) in [6, 6.07) is 9.14. The van der Waals surface area contributed by atoms with Crippen LogP contribution < -0.4 is 5.32 Å². The molecule has 154 valence electrons. The number of nitrogens with one attached hydrogen (secondary N) is 1. The Balaban J connectivity index is 1.42. The third-order valence-electron chi connectivity index (χ3n) is 5.12. The summed E-state index contributed by atoms with van der Waals surface area (Å²) < 4.78 is 16.8. The van der Waals surface area contributed by atoms with Crippen LogP contribution >= 0.6 is 11.5 Å². The lowest BCUT2D eigenvalue weighted by Crippen LogP contribution is -2.39. The van der Waals surface area contributed by atoms with Crippen molar-refractivity contribution in [1.29, 1.82) is 0 Å². The average Bonchev–Trinajstić information content (AvgIpc) is 3.21. The Labute approximate surface area is 177 Å². The minimum atomic E-state index is -0.360. The van der Waals surface area contributed by atoms with Gasteiger partial charge in [-0.3, -0.25) is 14.6 Å². The SMILES string of the molecule is Cc1nnsc1C(=O)N1CCCC(c2ccc(C(=O)Nc3ccc(F)cc3)cn2)C1. The first kappa shape index (κ1) is 20.1. The molecule has 2 aromatic heterocycles. The molecule has 0 bridgehead atoms. The molecule has 1 N–H and O–H groups in total. The molecule has 4 rings (SSSR count). The van der Waals surface area contributed by atoms with Crippen molar-refractivity contribution < 1.29 is 14.0 Å². The van der Waals surface area contributed by atoms with E-state index in [4.69, 9.17) is 0 Å². The Morgan fingerprint density at radius 2 is 2.00 bits per heavy atom. The maximum atomic E-state index is 13.0. The van der Waals surface area contributed by atoms with E-state index in [2.05, 4.69) is 19.9 Å². The zero-order chi connectivity index (χ0) is 21.1. The predicted molar refractivity (Wildman–Crippen MR) is 111 cm³/mol. The van der Waals surface area contributed by atoms with E-state index in [-0.39, 0.29) is 23.5 Å². The Bertz CT molecular complexity index is 1050. The van der Waals surface area contributed by atoms with Crippen molar-refractivity contribution in [3.63, 3.8) is 0 Å². The predicted octanol–water partition coefficient (Wildman–Crippen LogP) is 3.65. The largest absolute Gasteiger partial charge is 0.337 e. The second kappa shape index (κ2) is 8.66. The molecule has 1 unspecified atom stereocenters. The van der Waals surface area contributed by atoms with Crippen molar-refractivity contribution in [2.45, 2.75) is 25.7 Å². The quantitative estimate of drug-likeness (QED) is 0.689. The van der Waals surface area contributed by atoms with Gasteiger partial charge in [-0.05, 0) is 67.7 Å². The highest BCUT2D eigenvalue weighted by Crippen LogP contribution is 2.27. The molecule has 1 atom stereocenters. The number of carbonyl (C=O) groups excluding carboxylic acids is 2. The fourth-order valence-electron chi connectivity index (χ4n) is 3.49. The summed E-state index contributed by atoms with van der Waals surface area (Å²) in [5, 5.41) is 6.64. The lowest BCUT2D eigenvalue weighted by molar-refractivity contribution is 0.0710. The number of hydrogen-bond acceptors (Lipinski definition) is 6. The van der Waals surface area contributed by atoms with Gasteiger partial charge >= 0.3 is 0 Å². The average molecular weight is 425 g/mol. The molecular formula is C21H20FN5O2S. The first-order valence-corrected chi connectivity index (χ1v) is 10.4. The molecule has 2 amide bonds. The lowest BCUT2D eigenvalue weighted by atomic mass is 9.94. The lowest BCUT2D eigenvalue weighted by Gasteiger charge is -2.32. The van der Waals surface area contributed by atoms with Crippen molar-refractivity contribution in [3.8, 4) is 0 Å². The number of piperidine rings is 1. The molecule has 30 heavy (non-hydrogen) atoms. The number of anilines is 1. The van der Waals surface area contributed by atoms with E-state index in [0.717, 1.165) is 30.1 Å². The molecule has 3 heterocycles. The van der Waals surface area contributed by atoms with Crippen LogP contribution in [0.2, 0.25) is 0 Å². The summed E-state index contributed by atoms with van der Waals surface area (Å²) in [7, 11) is 0. The minimum Gasteiger partial charge on any atom is -0.337 e. The monoisotopic (exact) mass is 425 g/mol. The second-order valence-corrected chi connectivity index (χ2v) is 7.96. The van der Waals surface area contributed by atoms with Gasteiger partial charge in [0, 0.05) is 36.6 Å². The Morgan fingerprint density at radius 3 is 2.67 bits per heavy atom. The smallest absolute Gasteiger partial charge is 0.267 e. The van der Waals surface area contributed by atoms with Gasteiger partial charge in [0.05, 0.1) is 11.3 Å². The Kier molecular flexibility index (Phi) is 5.80. The van der Waals surface area contributed by atoms with Gasteiger partial charge in [-0.1, -0.05) is 4.49 Å². The minimum absolute atomic E-state index is 0.0394. The zero-order valence-electron chi connectivity index (χ0n) is 16.3. The van der Waals surface area contributed by atoms with E-state index in [1.54, 1.807) is 13.0 Å². The summed E-state index contributed by atoms with van der Waals surface area (Å²) in [6.45, 7) is 3.06. The number of amides is 2. The first-order chi connectivity index (χ1) is 14.5. The third kappa shape index (κ3) is 4.35. The standard InChI is InChI=1S/C21H20FN5O2S/c1-13-19(30-26-25-13)21(29)27-10-2-3-15(12-27)18-9-4-14(11-23-18)20(28)24-17-7-5-16(22)6-8-17/h4-9,11,15H,2-3,10,12H2,1H3,(H,24,28). The van der Waals surface area contributed by atoms with Crippen molar-refractivity contribution in [2.24, 2.45) is 0 Å². The van der Waals surface area contributed by atoms with E-state index < -0.39 is 0 Å². The highest BCUT2D eigenvalue weighted by molar-refractivity contribution is 7.07. The summed E-state index contributed by atoms with van der Waals surface area (Å²) >= 11 is 1.12. The van der Waals surface area contributed by atoms with Crippen LogP contribution in [0.1, 0.15) is 50.2 Å². The van der Waals surface area contributed by atoms with Crippen LogP contribution in [-0.4, -0.2) is 44.4 Å². The maximum Gasteiger partial charge on any atom is 0.267 e. The van der Waals surface area contributed by atoms with Gasteiger partial charge in [-0.25, -0.2) is 4.39 Å². The number of rotatable bonds is 4. The molecule has 7 nitrogen and oxygen atoms in total.